The molecule has 0 atom stereocenters. The summed E-state index contributed by atoms with van der Waals surface area (Å²) >= 11 is 0. The van der Waals surface area contributed by atoms with E-state index in [4.69, 9.17) is 4.74 Å². The molecule has 0 saturated carbocycles. The molecule has 2 rings (SSSR count). The molecule has 2 N–H and O–H groups in total. The van der Waals surface area contributed by atoms with Crippen LogP contribution in [-0.2, 0) is 11.3 Å². The molecule has 35 heavy (non-hydrogen) atoms. The van der Waals surface area contributed by atoms with Gasteiger partial charge in [0.2, 0.25) is 0 Å². The van der Waals surface area contributed by atoms with Crippen LogP contribution in [0.15, 0.2) is 36.4 Å². The van der Waals surface area contributed by atoms with Crippen molar-refractivity contribution in [3.8, 4) is 5.75 Å². The SMILES string of the molecule is CCCCCCCCCCCCN(C)c1ccc(NC(=O)OCc2ccc(C=O)c(O)c2)c(C)c1. The van der Waals surface area contributed by atoms with E-state index in [0.29, 0.717) is 17.5 Å². The Morgan fingerprint density at radius 3 is 2.23 bits per heavy atom. The van der Waals surface area contributed by atoms with E-state index in [1.54, 1.807) is 6.07 Å². The van der Waals surface area contributed by atoms with Crippen LogP contribution in [0, 0.1) is 6.92 Å². The molecule has 0 heterocycles. The predicted molar refractivity (Wildman–Crippen MR) is 144 cm³/mol. The minimum absolute atomic E-state index is 0.00272. The quantitative estimate of drug-likeness (QED) is 0.190. The first kappa shape index (κ1) is 28.2. The predicted octanol–water partition coefficient (Wildman–Crippen LogP) is 7.62. The fraction of sp³-hybridized carbons (Fsp3) is 0.517. The molecule has 0 bridgehead atoms. The number of hydrogen-bond donors (Lipinski definition) is 2. The summed E-state index contributed by atoms with van der Waals surface area (Å²) in [5.74, 6) is -0.130. The van der Waals surface area contributed by atoms with Gasteiger partial charge in [-0.15, -0.1) is 0 Å². The number of benzene rings is 2. The number of aromatic hydroxyl groups is 1. The molecular formula is C29H42N2O4. The number of nitrogens with zero attached hydrogens (tertiary/aromatic N) is 1. The molecule has 0 radical (unpaired) electrons. The number of carbonyl (C=O) groups is 2. The van der Waals surface area contributed by atoms with Gasteiger partial charge in [0, 0.05) is 25.0 Å². The highest BCUT2D eigenvalue weighted by atomic mass is 16.5. The van der Waals surface area contributed by atoms with Crippen molar-refractivity contribution in [1.82, 2.24) is 0 Å². The molecule has 0 aliphatic heterocycles. The second kappa shape index (κ2) is 15.8. The van der Waals surface area contributed by atoms with E-state index in [2.05, 4.69) is 30.3 Å². The van der Waals surface area contributed by atoms with Gasteiger partial charge in [0.1, 0.15) is 12.4 Å². The van der Waals surface area contributed by atoms with Gasteiger partial charge in [-0.3, -0.25) is 10.1 Å². The molecular weight excluding hydrogens is 440 g/mol. The average Bonchev–Trinajstić information content (AvgIpc) is 2.85. The van der Waals surface area contributed by atoms with Crippen molar-refractivity contribution in [2.45, 2.75) is 84.7 Å². The molecule has 0 aromatic heterocycles. The first-order valence-corrected chi connectivity index (χ1v) is 13.0. The Bertz CT molecular complexity index is 929. The van der Waals surface area contributed by atoms with Crippen molar-refractivity contribution in [2.24, 2.45) is 0 Å². The number of amides is 1. The van der Waals surface area contributed by atoms with Crippen LogP contribution >= 0.6 is 0 Å². The summed E-state index contributed by atoms with van der Waals surface area (Å²) in [5.41, 5.74) is 3.59. The number of anilines is 2. The van der Waals surface area contributed by atoms with Gasteiger partial charge in [0.15, 0.2) is 6.29 Å². The number of nitrogens with one attached hydrogen (secondary N) is 1. The zero-order chi connectivity index (χ0) is 25.5. The molecule has 1 amide bonds. The largest absolute Gasteiger partial charge is 0.507 e. The van der Waals surface area contributed by atoms with Crippen molar-refractivity contribution >= 4 is 23.8 Å². The van der Waals surface area contributed by atoms with Gasteiger partial charge in [-0.25, -0.2) is 4.79 Å². The summed E-state index contributed by atoms with van der Waals surface area (Å²) in [4.78, 5) is 25.3. The molecule has 0 aliphatic rings. The van der Waals surface area contributed by atoms with Crippen LogP contribution in [0.5, 0.6) is 5.75 Å². The van der Waals surface area contributed by atoms with Crippen molar-refractivity contribution in [2.75, 3.05) is 23.8 Å². The number of carbonyl (C=O) groups excluding carboxylic acids is 2. The van der Waals surface area contributed by atoms with Crippen LogP contribution in [-0.4, -0.2) is 31.1 Å². The third-order valence-electron chi connectivity index (χ3n) is 6.33. The maximum atomic E-state index is 12.2. The van der Waals surface area contributed by atoms with E-state index in [0.717, 1.165) is 17.8 Å². The number of unbranched alkanes of at least 4 members (excludes halogenated alkanes) is 9. The molecule has 0 fully saturated rings. The number of aryl methyl sites for hydroxylation is 1. The lowest BCUT2D eigenvalue weighted by Gasteiger charge is -2.21. The number of aldehydes is 1. The Morgan fingerprint density at radius 1 is 0.971 bits per heavy atom. The summed E-state index contributed by atoms with van der Waals surface area (Å²) in [5, 5.41) is 12.5. The van der Waals surface area contributed by atoms with Crippen LogP contribution in [0.1, 0.15) is 92.6 Å². The number of phenols is 1. The molecule has 0 aliphatic carbocycles. The fourth-order valence-electron chi connectivity index (χ4n) is 4.06. The summed E-state index contributed by atoms with van der Waals surface area (Å²) in [6, 6.07) is 10.5. The molecule has 2 aromatic rings. The monoisotopic (exact) mass is 482 g/mol. The maximum absolute atomic E-state index is 12.2. The lowest BCUT2D eigenvalue weighted by molar-refractivity contribution is 0.112. The third kappa shape index (κ3) is 10.4. The van der Waals surface area contributed by atoms with E-state index in [1.165, 1.54) is 76.3 Å². The van der Waals surface area contributed by atoms with Crippen LogP contribution in [0.3, 0.4) is 0 Å². The van der Waals surface area contributed by atoms with Crippen molar-refractivity contribution in [1.29, 1.82) is 0 Å². The normalized spacial score (nSPS) is 10.7. The summed E-state index contributed by atoms with van der Waals surface area (Å²) in [7, 11) is 2.11. The zero-order valence-corrected chi connectivity index (χ0v) is 21.6. The van der Waals surface area contributed by atoms with Gasteiger partial charge in [0.25, 0.3) is 0 Å². The average molecular weight is 483 g/mol. The Labute approximate surface area is 210 Å². The van der Waals surface area contributed by atoms with E-state index in [9.17, 15) is 14.7 Å². The van der Waals surface area contributed by atoms with E-state index < -0.39 is 6.09 Å². The second-order valence-corrected chi connectivity index (χ2v) is 9.31. The van der Waals surface area contributed by atoms with Crippen molar-refractivity contribution in [3.63, 3.8) is 0 Å². The second-order valence-electron chi connectivity index (χ2n) is 9.31. The Morgan fingerprint density at radius 2 is 1.63 bits per heavy atom. The molecule has 0 saturated heterocycles. The molecule has 6 nitrogen and oxygen atoms in total. The summed E-state index contributed by atoms with van der Waals surface area (Å²) in [6.07, 6.45) is 13.3. The molecule has 192 valence electrons. The van der Waals surface area contributed by atoms with E-state index >= 15 is 0 Å². The van der Waals surface area contributed by atoms with Crippen molar-refractivity contribution < 1.29 is 19.4 Å². The van der Waals surface area contributed by atoms with E-state index in [1.807, 2.05) is 19.1 Å². The highest BCUT2D eigenvalue weighted by molar-refractivity contribution is 5.86. The highest BCUT2D eigenvalue weighted by Gasteiger charge is 2.10. The number of rotatable bonds is 16. The van der Waals surface area contributed by atoms with Crippen LogP contribution < -0.4 is 10.2 Å². The summed E-state index contributed by atoms with van der Waals surface area (Å²) < 4.78 is 5.25. The molecule has 6 heteroatoms. The van der Waals surface area contributed by atoms with Gasteiger partial charge in [-0.1, -0.05) is 70.8 Å². The summed E-state index contributed by atoms with van der Waals surface area (Å²) in [6.45, 7) is 5.23. The lowest BCUT2D eigenvalue weighted by atomic mass is 10.1. The standard InChI is InChI=1S/C29H42N2O4/c1-4-5-6-7-8-9-10-11-12-13-18-31(3)26-16-17-27(23(2)19-26)30-29(34)35-22-24-14-15-25(21-32)28(33)20-24/h14-17,19-21,33H,4-13,18,22H2,1-3H3,(H,30,34). The third-order valence-corrected chi connectivity index (χ3v) is 6.33. The minimum Gasteiger partial charge on any atom is -0.507 e. The fourth-order valence-corrected chi connectivity index (χ4v) is 4.06. The van der Waals surface area contributed by atoms with Gasteiger partial charge >= 0.3 is 6.09 Å². The van der Waals surface area contributed by atoms with Gasteiger partial charge in [-0.2, -0.15) is 0 Å². The molecule has 0 spiro atoms. The number of hydrogen-bond acceptors (Lipinski definition) is 5. The van der Waals surface area contributed by atoms with E-state index in [-0.39, 0.29) is 17.9 Å². The lowest BCUT2D eigenvalue weighted by Crippen LogP contribution is -2.19. The van der Waals surface area contributed by atoms with Crippen LogP contribution in [0.4, 0.5) is 16.2 Å². The highest BCUT2D eigenvalue weighted by Crippen LogP contribution is 2.23. The van der Waals surface area contributed by atoms with Gasteiger partial charge < -0.3 is 14.7 Å². The van der Waals surface area contributed by atoms with Crippen LogP contribution in [0.2, 0.25) is 0 Å². The molecule has 0 unspecified atom stereocenters. The first-order valence-electron chi connectivity index (χ1n) is 13.0. The first-order chi connectivity index (χ1) is 16.9. The van der Waals surface area contributed by atoms with Crippen molar-refractivity contribution in [3.05, 3.63) is 53.1 Å². The number of phenolic OH excluding ortho intramolecular Hbond substituents is 1. The minimum atomic E-state index is -0.571. The maximum Gasteiger partial charge on any atom is 0.411 e. The Kier molecular flexibility index (Phi) is 12.7. The van der Waals surface area contributed by atoms with Gasteiger partial charge in [-0.05, 0) is 54.8 Å². The van der Waals surface area contributed by atoms with Gasteiger partial charge in [0.05, 0.1) is 5.56 Å². The molecule has 2 aromatic carbocycles. The Hall–Kier alpha value is -3.02. The Balaban J connectivity index is 1.69. The zero-order valence-electron chi connectivity index (χ0n) is 21.6. The number of ether oxygens (including phenoxy) is 1. The topological polar surface area (TPSA) is 78.9 Å². The smallest absolute Gasteiger partial charge is 0.411 e. The van der Waals surface area contributed by atoms with Crippen LogP contribution in [0.25, 0.3) is 0 Å².